The third-order valence-electron chi connectivity index (χ3n) is 5.22. The summed E-state index contributed by atoms with van der Waals surface area (Å²) >= 11 is 0. The van der Waals surface area contributed by atoms with Gasteiger partial charge in [0.2, 0.25) is 0 Å². The highest BCUT2D eigenvalue weighted by Gasteiger charge is 2.29. The topological polar surface area (TPSA) is 116 Å². The van der Waals surface area contributed by atoms with Crippen LogP contribution in [0.4, 0.5) is 5.69 Å². The molecule has 0 unspecified atom stereocenters. The van der Waals surface area contributed by atoms with E-state index in [-0.39, 0.29) is 16.3 Å². The molecule has 10 nitrogen and oxygen atoms in total. The molecule has 0 radical (unpaired) electrons. The van der Waals surface area contributed by atoms with Crippen LogP contribution in [0.15, 0.2) is 89.4 Å². The van der Waals surface area contributed by atoms with E-state index < -0.39 is 22.5 Å². The summed E-state index contributed by atoms with van der Waals surface area (Å²) in [4.78, 5) is 12.9. The van der Waals surface area contributed by atoms with Crippen molar-refractivity contribution < 1.29 is 32.2 Å². The normalized spacial score (nSPS) is 11.0. The van der Waals surface area contributed by atoms with E-state index in [4.69, 9.17) is 18.9 Å². The third kappa shape index (κ3) is 6.83. The van der Waals surface area contributed by atoms with Gasteiger partial charge in [-0.1, -0.05) is 30.9 Å². The second-order valence-electron chi connectivity index (χ2n) is 7.67. The molecule has 0 saturated carbocycles. The fourth-order valence-corrected chi connectivity index (χ4v) is 4.84. The molecule has 1 amide bonds. The van der Waals surface area contributed by atoms with Crippen LogP contribution in [0.5, 0.6) is 23.0 Å². The molecule has 3 rings (SSSR count). The van der Waals surface area contributed by atoms with E-state index in [0.717, 1.165) is 4.31 Å². The minimum absolute atomic E-state index is 0.0139. The van der Waals surface area contributed by atoms with Gasteiger partial charge in [-0.2, -0.15) is 5.10 Å². The van der Waals surface area contributed by atoms with Crippen molar-refractivity contribution >= 4 is 27.8 Å². The van der Waals surface area contributed by atoms with Crippen LogP contribution in [-0.4, -0.2) is 55.0 Å². The molecule has 0 heterocycles. The van der Waals surface area contributed by atoms with E-state index in [0.29, 0.717) is 29.4 Å². The first kappa shape index (κ1) is 28.1. The Labute approximate surface area is 222 Å². The number of benzene rings is 3. The number of nitrogens with zero attached hydrogens (tertiary/aromatic N) is 2. The molecule has 1 N–H and O–H groups in total. The summed E-state index contributed by atoms with van der Waals surface area (Å²) < 4.78 is 49.5. The molecular formula is C27H29N3O7S. The third-order valence-corrected chi connectivity index (χ3v) is 7.00. The predicted molar refractivity (Wildman–Crippen MR) is 145 cm³/mol. The molecule has 0 bridgehead atoms. The van der Waals surface area contributed by atoms with Crippen molar-refractivity contribution in [2.75, 3.05) is 38.8 Å². The number of carbonyl (C=O) groups excluding carboxylic acids is 1. The lowest BCUT2D eigenvalue weighted by molar-refractivity contribution is -0.119. The minimum atomic E-state index is -4.14. The Bertz CT molecular complexity index is 1390. The van der Waals surface area contributed by atoms with Gasteiger partial charge in [-0.05, 0) is 48.0 Å². The van der Waals surface area contributed by atoms with Crippen molar-refractivity contribution in [1.29, 1.82) is 0 Å². The van der Waals surface area contributed by atoms with Crippen LogP contribution < -0.4 is 28.7 Å². The highest BCUT2D eigenvalue weighted by molar-refractivity contribution is 7.92. The fourth-order valence-electron chi connectivity index (χ4n) is 3.39. The standard InChI is InChI=1S/C27H29N3O7S/c1-5-15-37-24-14-11-20(16-26(24)36-4)18-28-29-27(31)19-30(38(32,33)22-9-7-6-8-10-22)23-13-12-21(34-2)17-25(23)35-3/h5-14,16-18H,1,15,19H2,2-4H3,(H,29,31)/b28-18+. The lowest BCUT2D eigenvalue weighted by Crippen LogP contribution is -2.39. The number of amides is 1. The quantitative estimate of drug-likeness (QED) is 0.200. The average molecular weight is 540 g/mol. The van der Waals surface area contributed by atoms with Crippen LogP contribution in [0.2, 0.25) is 0 Å². The maximum atomic E-state index is 13.6. The summed E-state index contributed by atoms with van der Waals surface area (Å²) in [6.07, 6.45) is 3.02. The lowest BCUT2D eigenvalue weighted by atomic mass is 10.2. The van der Waals surface area contributed by atoms with Crippen molar-refractivity contribution in [1.82, 2.24) is 5.43 Å². The summed E-state index contributed by atoms with van der Waals surface area (Å²) in [7, 11) is 0.253. The molecule has 0 aliphatic rings. The average Bonchev–Trinajstić information content (AvgIpc) is 2.95. The zero-order valence-electron chi connectivity index (χ0n) is 21.3. The Hall–Kier alpha value is -4.51. The van der Waals surface area contributed by atoms with Gasteiger partial charge < -0.3 is 18.9 Å². The van der Waals surface area contributed by atoms with Crippen LogP contribution >= 0.6 is 0 Å². The smallest absolute Gasteiger partial charge is 0.264 e. The van der Waals surface area contributed by atoms with Gasteiger partial charge in [0.25, 0.3) is 15.9 Å². The molecule has 0 atom stereocenters. The van der Waals surface area contributed by atoms with Crippen LogP contribution in [0.25, 0.3) is 0 Å². The SMILES string of the molecule is C=CCOc1ccc(/C=N/NC(=O)CN(c2ccc(OC)cc2OC)S(=O)(=O)c2ccccc2)cc1OC. The second kappa shape index (κ2) is 13.2. The Balaban J connectivity index is 1.85. The number of sulfonamides is 1. The Morgan fingerprint density at radius 1 is 0.947 bits per heavy atom. The number of hydrogen-bond acceptors (Lipinski definition) is 8. The number of hydrazone groups is 1. The maximum Gasteiger partial charge on any atom is 0.264 e. The molecule has 0 aliphatic carbocycles. The molecule has 200 valence electrons. The number of ether oxygens (including phenoxy) is 4. The van der Waals surface area contributed by atoms with E-state index in [2.05, 4.69) is 17.1 Å². The van der Waals surface area contributed by atoms with E-state index in [9.17, 15) is 13.2 Å². The lowest BCUT2D eigenvalue weighted by Gasteiger charge is -2.25. The molecule has 0 saturated heterocycles. The van der Waals surface area contributed by atoms with Gasteiger partial charge in [-0.3, -0.25) is 9.10 Å². The Kier molecular flexibility index (Phi) is 9.72. The summed E-state index contributed by atoms with van der Waals surface area (Å²) in [6.45, 7) is 3.37. The number of anilines is 1. The number of rotatable bonds is 13. The zero-order chi connectivity index (χ0) is 27.5. The van der Waals surface area contributed by atoms with Crippen LogP contribution in [0, 0.1) is 0 Å². The second-order valence-corrected chi connectivity index (χ2v) is 9.53. The predicted octanol–water partition coefficient (Wildman–Crippen LogP) is 3.62. The highest BCUT2D eigenvalue weighted by atomic mass is 32.2. The Morgan fingerprint density at radius 2 is 1.68 bits per heavy atom. The number of hydrogen-bond donors (Lipinski definition) is 1. The van der Waals surface area contributed by atoms with Crippen LogP contribution in [0.1, 0.15) is 5.56 Å². The Morgan fingerprint density at radius 3 is 2.34 bits per heavy atom. The molecule has 11 heteroatoms. The molecule has 0 aromatic heterocycles. The van der Waals surface area contributed by atoms with Crippen molar-refractivity contribution in [3.63, 3.8) is 0 Å². The summed E-state index contributed by atoms with van der Waals surface area (Å²) in [5, 5.41) is 3.97. The number of methoxy groups -OCH3 is 3. The fraction of sp³-hybridized carbons (Fsp3) is 0.185. The van der Waals surface area contributed by atoms with Gasteiger partial charge in [0.1, 0.15) is 24.7 Å². The van der Waals surface area contributed by atoms with E-state index in [1.54, 1.807) is 48.5 Å². The first-order valence-electron chi connectivity index (χ1n) is 11.4. The molecule has 3 aromatic rings. The van der Waals surface area contributed by atoms with Crippen molar-refractivity contribution in [3.8, 4) is 23.0 Å². The summed E-state index contributed by atoms with van der Waals surface area (Å²) in [6, 6.07) is 17.5. The largest absolute Gasteiger partial charge is 0.497 e. The first-order valence-corrected chi connectivity index (χ1v) is 12.8. The van der Waals surface area contributed by atoms with Crippen LogP contribution in [-0.2, 0) is 14.8 Å². The van der Waals surface area contributed by atoms with Gasteiger partial charge >= 0.3 is 0 Å². The molecule has 0 spiro atoms. The monoisotopic (exact) mass is 539 g/mol. The van der Waals surface area contributed by atoms with Gasteiger partial charge in [0.15, 0.2) is 11.5 Å². The van der Waals surface area contributed by atoms with E-state index >= 15 is 0 Å². The van der Waals surface area contributed by atoms with Crippen molar-refractivity contribution in [3.05, 3.63) is 84.9 Å². The molecule has 0 aliphatic heterocycles. The minimum Gasteiger partial charge on any atom is -0.497 e. The van der Waals surface area contributed by atoms with E-state index in [1.165, 1.54) is 51.8 Å². The van der Waals surface area contributed by atoms with Crippen LogP contribution in [0.3, 0.4) is 0 Å². The molecule has 3 aromatic carbocycles. The van der Waals surface area contributed by atoms with Gasteiger partial charge in [-0.25, -0.2) is 13.8 Å². The zero-order valence-corrected chi connectivity index (χ0v) is 22.1. The van der Waals surface area contributed by atoms with Crippen molar-refractivity contribution in [2.45, 2.75) is 4.90 Å². The van der Waals surface area contributed by atoms with Gasteiger partial charge in [0.05, 0.1) is 38.1 Å². The first-order chi connectivity index (χ1) is 18.3. The molecule has 38 heavy (non-hydrogen) atoms. The number of nitrogens with one attached hydrogen (secondary N) is 1. The maximum absolute atomic E-state index is 13.6. The number of carbonyl (C=O) groups is 1. The molecular weight excluding hydrogens is 510 g/mol. The molecule has 0 fully saturated rings. The highest BCUT2D eigenvalue weighted by Crippen LogP contribution is 2.35. The van der Waals surface area contributed by atoms with Gasteiger partial charge in [-0.15, -0.1) is 0 Å². The van der Waals surface area contributed by atoms with E-state index in [1.807, 2.05) is 0 Å². The van der Waals surface area contributed by atoms with Gasteiger partial charge in [0, 0.05) is 6.07 Å². The summed E-state index contributed by atoms with van der Waals surface area (Å²) in [5.41, 5.74) is 3.16. The van der Waals surface area contributed by atoms with Crippen molar-refractivity contribution in [2.24, 2.45) is 5.10 Å². The summed E-state index contributed by atoms with van der Waals surface area (Å²) in [5.74, 6) is 1.02.